The third-order valence-corrected chi connectivity index (χ3v) is 6.73. The van der Waals surface area contributed by atoms with Gasteiger partial charge >= 0.3 is 0 Å². The Bertz CT molecular complexity index is 752. The Morgan fingerprint density at radius 1 is 1.28 bits per heavy atom. The SMILES string of the molecule is CCNC(=NCc1cccc(S(=O)(=O)NCCOC)c1)NC1CCCC(CC)C1. The van der Waals surface area contributed by atoms with Crippen LogP contribution >= 0.6 is 0 Å². The van der Waals surface area contributed by atoms with Gasteiger partial charge in [-0.3, -0.25) is 0 Å². The number of methoxy groups -OCH3 is 1. The maximum atomic E-state index is 12.4. The first-order valence-corrected chi connectivity index (χ1v) is 12.1. The van der Waals surface area contributed by atoms with Crippen LogP contribution in [-0.2, 0) is 21.3 Å². The molecule has 1 fully saturated rings. The third-order valence-electron chi connectivity index (χ3n) is 5.27. The number of hydrogen-bond donors (Lipinski definition) is 3. The Kier molecular flexibility index (Phi) is 9.90. The van der Waals surface area contributed by atoms with E-state index in [1.807, 2.05) is 13.0 Å². The van der Waals surface area contributed by atoms with Crippen molar-refractivity contribution in [1.29, 1.82) is 0 Å². The van der Waals surface area contributed by atoms with E-state index in [1.54, 1.807) is 25.3 Å². The maximum absolute atomic E-state index is 12.4. The molecule has 1 aliphatic rings. The standard InChI is InChI=1S/C21H36N4O3S/c1-4-17-8-6-10-19(14-17)25-21(22-5-2)23-16-18-9-7-11-20(15-18)29(26,27)24-12-13-28-3/h7,9,11,15,17,19,24H,4-6,8,10,12-14,16H2,1-3H3,(H2,22,23,25). The number of benzene rings is 1. The fraction of sp³-hybridized carbons (Fsp3) is 0.667. The van der Waals surface area contributed by atoms with Crippen molar-refractivity contribution in [1.82, 2.24) is 15.4 Å². The highest BCUT2D eigenvalue weighted by molar-refractivity contribution is 7.89. The minimum absolute atomic E-state index is 0.246. The minimum atomic E-state index is -3.55. The summed E-state index contributed by atoms with van der Waals surface area (Å²) in [6, 6.07) is 7.37. The second-order valence-corrected chi connectivity index (χ2v) is 9.28. The molecule has 1 aromatic rings. The van der Waals surface area contributed by atoms with Gasteiger partial charge in [0, 0.05) is 26.2 Å². The van der Waals surface area contributed by atoms with E-state index < -0.39 is 10.0 Å². The Hall–Kier alpha value is -1.64. The summed E-state index contributed by atoms with van der Waals surface area (Å²) in [6.45, 7) is 6.09. The van der Waals surface area contributed by atoms with Crippen LogP contribution in [0.5, 0.6) is 0 Å². The fourth-order valence-electron chi connectivity index (χ4n) is 3.65. The first kappa shape index (κ1) is 23.6. The molecular formula is C21H36N4O3S. The molecule has 0 radical (unpaired) electrons. The number of sulfonamides is 1. The largest absolute Gasteiger partial charge is 0.383 e. The molecule has 3 N–H and O–H groups in total. The lowest BCUT2D eigenvalue weighted by Gasteiger charge is -2.30. The number of aliphatic imine (C=N–C) groups is 1. The van der Waals surface area contributed by atoms with Gasteiger partial charge in [-0.15, -0.1) is 0 Å². The number of ether oxygens (including phenoxy) is 1. The van der Waals surface area contributed by atoms with Crippen LogP contribution in [0.15, 0.2) is 34.2 Å². The Balaban J connectivity index is 2.03. The normalized spacial score (nSPS) is 20.4. The molecular weight excluding hydrogens is 388 g/mol. The zero-order valence-electron chi connectivity index (χ0n) is 17.9. The zero-order valence-corrected chi connectivity index (χ0v) is 18.7. The van der Waals surface area contributed by atoms with E-state index in [2.05, 4.69) is 27.3 Å². The highest BCUT2D eigenvalue weighted by Crippen LogP contribution is 2.26. The summed E-state index contributed by atoms with van der Waals surface area (Å²) in [4.78, 5) is 4.93. The van der Waals surface area contributed by atoms with Gasteiger partial charge in [0.25, 0.3) is 0 Å². The third kappa shape index (κ3) is 7.95. The van der Waals surface area contributed by atoms with E-state index in [1.165, 1.54) is 32.1 Å². The molecule has 29 heavy (non-hydrogen) atoms. The molecule has 0 spiro atoms. The van der Waals surface area contributed by atoms with Crippen LogP contribution in [0.4, 0.5) is 0 Å². The maximum Gasteiger partial charge on any atom is 0.240 e. The van der Waals surface area contributed by atoms with Crippen LogP contribution in [0.1, 0.15) is 51.5 Å². The second kappa shape index (κ2) is 12.1. The van der Waals surface area contributed by atoms with E-state index in [4.69, 9.17) is 4.74 Å². The Labute approximate surface area is 175 Å². The highest BCUT2D eigenvalue weighted by Gasteiger charge is 2.21. The second-order valence-electron chi connectivity index (χ2n) is 7.52. The van der Waals surface area contributed by atoms with E-state index in [-0.39, 0.29) is 11.4 Å². The van der Waals surface area contributed by atoms with Crippen molar-refractivity contribution in [3.05, 3.63) is 29.8 Å². The molecule has 7 nitrogen and oxygen atoms in total. The monoisotopic (exact) mass is 424 g/mol. The molecule has 164 valence electrons. The lowest BCUT2D eigenvalue weighted by molar-refractivity contribution is 0.204. The number of nitrogens with zero attached hydrogens (tertiary/aromatic N) is 1. The van der Waals surface area contributed by atoms with Crippen molar-refractivity contribution in [3.63, 3.8) is 0 Å². The quantitative estimate of drug-likeness (QED) is 0.305. The summed E-state index contributed by atoms with van der Waals surface area (Å²) in [6.07, 6.45) is 6.16. The molecule has 2 atom stereocenters. The van der Waals surface area contributed by atoms with Gasteiger partial charge in [0.1, 0.15) is 0 Å². The number of guanidine groups is 1. The van der Waals surface area contributed by atoms with Gasteiger partial charge in [-0.05, 0) is 43.4 Å². The summed E-state index contributed by atoms with van der Waals surface area (Å²) in [5.74, 6) is 1.58. The molecule has 0 aliphatic heterocycles. The van der Waals surface area contributed by atoms with E-state index >= 15 is 0 Å². The van der Waals surface area contributed by atoms with Crippen LogP contribution in [-0.4, -0.2) is 47.2 Å². The van der Waals surface area contributed by atoms with Gasteiger partial charge in [-0.1, -0.05) is 38.3 Å². The first-order chi connectivity index (χ1) is 14.0. The molecule has 2 rings (SSSR count). The predicted molar refractivity (Wildman–Crippen MR) is 117 cm³/mol. The van der Waals surface area contributed by atoms with Gasteiger partial charge in [-0.25, -0.2) is 18.1 Å². The fourth-order valence-corrected chi connectivity index (χ4v) is 4.73. The lowest BCUT2D eigenvalue weighted by Crippen LogP contribution is -2.45. The van der Waals surface area contributed by atoms with Crippen molar-refractivity contribution in [3.8, 4) is 0 Å². The zero-order chi connectivity index (χ0) is 21.1. The van der Waals surface area contributed by atoms with Gasteiger partial charge in [0.2, 0.25) is 10.0 Å². The van der Waals surface area contributed by atoms with Crippen LogP contribution in [0.2, 0.25) is 0 Å². The molecule has 0 amide bonds. The van der Waals surface area contributed by atoms with Crippen LogP contribution < -0.4 is 15.4 Å². The smallest absolute Gasteiger partial charge is 0.240 e. The number of nitrogens with one attached hydrogen (secondary N) is 3. The minimum Gasteiger partial charge on any atom is -0.383 e. The van der Waals surface area contributed by atoms with Crippen molar-refractivity contribution in [2.45, 2.75) is 63.4 Å². The van der Waals surface area contributed by atoms with Crippen LogP contribution in [0.3, 0.4) is 0 Å². The first-order valence-electron chi connectivity index (χ1n) is 10.6. The van der Waals surface area contributed by atoms with E-state index in [9.17, 15) is 8.42 Å². The Morgan fingerprint density at radius 2 is 2.10 bits per heavy atom. The van der Waals surface area contributed by atoms with Gasteiger partial charge in [0.05, 0.1) is 18.0 Å². The van der Waals surface area contributed by atoms with Crippen molar-refractivity contribution < 1.29 is 13.2 Å². The molecule has 0 saturated heterocycles. The molecule has 2 unspecified atom stereocenters. The molecule has 0 bridgehead atoms. The Morgan fingerprint density at radius 3 is 2.83 bits per heavy atom. The molecule has 1 saturated carbocycles. The van der Waals surface area contributed by atoms with E-state index in [0.717, 1.165) is 24.0 Å². The average molecular weight is 425 g/mol. The van der Waals surface area contributed by atoms with Crippen molar-refractivity contribution >= 4 is 16.0 Å². The molecule has 1 aromatic carbocycles. The van der Waals surface area contributed by atoms with Crippen LogP contribution in [0.25, 0.3) is 0 Å². The highest BCUT2D eigenvalue weighted by atomic mass is 32.2. The average Bonchev–Trinajstić information content (AvgIpc) is 2.72. The molecule has 0 heterocycles. The summed E-state index contributed by atoms with van der Waals surface area (Å²) >= 11 is 0. The molecule has 1 aliphatic carbocycles. The number of rotatable bonds is 10. The summed E-state index contributed by atoms with van der Waals surface area (Å²) in [5.41, 5.74) is 0.854. The van der Waals surface area contributed by atoms with Gasteiger partial charge < -0.3 is 15.4 Å². The summed E-state index contributed by atoms with van der Waals surface area (Å²) < 4.78 is 32.2. The summed E-state index contributed by atoms with van der Waals surface area (Å²) in [7, 11) is -2.01. The van der Waals surface area contributed by atoms with Crippen LogP contribution in [0, 0.1) is 5.92 Å². The topological polar surface area (TPSA) is 91.8 Å². The van der Waals surface area contributed by atoms with Crippen molar-refractivity contribution in [2.24, 2.45) is 10.9 Å². The molecule has 0 aromatic heterocycles. The van der Waals surface area contributed by atoms with Gasteiger partial charge in [-0.2, -0.15) is 0 Å². The lowest BCUT2D eigenvalue weighted by atomic mass is 9.84. The molecule has 8 heteroatoms. The van der Waals surface area contributed by atoms with E-state index in [0.29, 0.717) is 19.2 Å². The summed E-state index contributed by atoms with van der Waals surface area (Å²) in [5, 5.41) is 6.87. The van der Waals surface area contributed by atoms with Crippen molar-refractivity contribution in [2.75, 3.05) is 26.8 Å². The van der Waals surface area contributed by atoms with Gasteiger partial charge in [0.15, 0.2) is 5.96 Å². The number of hydrogen-bond acceptors (Lipinski definition) is 4. The predicted octanol–water partition coefficient (Wildman–Crippen LogP) is 2.64.